The van der Waals surface area contributed by atoms with Crippen molar-refractivity contribution in [2.24, 2.45) is 0 Å². The summed E-state index contributed by atoms with van der Waals surface area (Å²) in [7, 11) is 1.21. The number of hydrogen-bond acceptors (Lipinski definition) is 4. The van der Waals surface area contributed by atoms with Crippen LogP contribution in [0, 0.1) is 5.82 Å². The first-order valence-corrected chi connectivity index (χ1v) is 7.27. The molecule has 1 aromatic rings. The van der Waals surface area contributed by atoms with Crippen LogP contribution in [0.2, 0.25) is 0 Å². The molecule has 1 aromatic carbocycles. The van der Waals surface area contributed by atoms with E-state index in [1.165, 1.54) is 19.2 Å². The Balaban J connectivity index is 3.06. The molecule has 0 aliphatic carbocycles. The zero-order valence-corrected chi connectivity index (χ0v) is 13.8. The number of rotatable bonds is 3. The van der Waals surface area contributed by atoms with Crippen LogP contribution in [0.4, 0.5) is 14.9 Å². The fourth-order valence-corrected chi connectivity index (χ4v) is 2.11. The van der Waals surface area contributed by atoms with Crippen molar-refractivity contribution in [3.8, 4) is 0 Å². The normalized spacial score (nSPS) is 11.0. The van der Waals surface area contributed by atoms with Crippen molar-refractivity contribution in [1.29, 1.82) is 0 Å². The molecule has 116 valence electrons. The molecule has 0 bridgehead atoms. The maximum absolute atomic E-state index is 14.3. The van der Waals surface area contributed by atoms with Gasteiger partial charge in [-0.3, -0.25) is 5.32 Å². The molecule has 0 aliphatic heterocycles. The Kier molecular flexibility index (Phi) is 5.71. The van der Waals surface area contributed by atoms with Gasteiger partial charge >= 0.3 is 12.1 Å². The molecule has 1 rings (SSSR count). The minimum atomic E-state index is -0.771. The predicted molar refractivity (Wildman–Crippen MR) is 80.2 cm³/mol. The number of esters is 1. The average molecular weight is 362 g/mol. The summed E-state index contributed by atoms with van der Waals surface area (Å²) in [6.07, 6.45) is -0.771. The lowest BCUT2D eigenvalue weighted by atomic mass is 10.1. The van der Waals surface area contributed by atoms with Crippen LogP contribution in [-0.2, 0) is 14.8 Å². The quantitative estimate of drug-likeness (QED) is 0.655. The first kappa shape index (κ1) is 17.4. The Morgan fingerprint density at radius 3 is 2.43 bits per heavy atom. The van der Waals surface area contributed by atoms with E-state index in [2.05, 4.69) is 26.0 Å². The number of nitrogens with one attached hydrogen (secondary N) is 1. The standard InChI is InChI=1S/C14H17BrFNO4/c1-14(2,3)21-13(19)17-10-6-5-8(12(18)20-4)9(7-15)11(10)16/h5-6H,7H2,1-4H3,(H,17,19). The van der Waals surface area contributed by atoms with Crippen LogP contribution in [0.1, 0.15) is 36.7 Å². The number of carbonyl (C=O) groups excluding carboxylic acids is 2. The van der Waals surface area contributed by atoms with E-state index in [0.29, 0.717) is 0 Å². The number of ether oxygens (including phenoxy) is 2. The summed E-state index contributed by atoms with van der Waals surface area (Å²) < 4.78 is 23.9. The van der Waals surface area contributed by atoms with Crippen molar-refractivity contribution in [2.75, 3.05) is 12.4 Å². The molecule has 0 aromatic heterocycles. The van der Waals surface area contributed by atoms with Gasteiger partial charge in [-0.25, -0.2) is 14.0 Å². The van der Waals surface area contributed by atoms with E-state index >= 15 is 0 Å². The summed E-state index contributed by atoms with van der Waals surface area (Å²) in [5, 5.41) is 2.42. The summed E-state index contributed by atoms with van der Waals surface area (Å²) in [5.74, 6) is -1.35. The average Bonchev–Trinajstić information content (AvgIpc) is 2.37. The smallest absolute Gasteiger partial charge is 0.412 e. The van der Waals surface area contributed by atoms with Gasteiger partial charge in [0.05, 0.1) is 18.4 Å². The van der Waals surface area contributed by atoms with E-state index in [-0.39, 0.29) is 22.1 Å². The molecule has 0 saturated heterocycles. The third-order valence-corrected chi connectivity index (χ3v) is 2.98. The van der Waals surface area contributed by atoms with Crippen molar-refractivity contribution in [1.82, 2.24) is 0 Å². The van der Waals surface area contributed by atoms with Crippen LogP contribution in [-0.4, -0.2) is 24.8 Å². The molecule has 21 heavy (non-hydrogen) atoms. The minimum Gasteiger partial charge on any atom is -0.465 e. The maximum atomic E-state index is 14.3. The lowest BCUT2D eigenvalue weighted by Gasteiger charge is -2.20. The van der Waals surface area contributed by atoms with E-state index in [4.69, 9.17) is 4.74 Å². The number of benzene rings is 1. The number of hydrogen-bond donors (Lipinski definition) is 1. The second kappa shape index (κ2) is 6.89. The lowest BCUT2D eigenvalue weighted by molar-refractivity contribution is 0.0597. The highest BCUT2D eigenvalue weighted by molar-refractivity contribution is 9.08. The largest absolute Gasteiger partial charge is 0.465 e. The Morgan fingerprint density at radius 1 is 1.33 bits per heavy atom. The second-order valence-corrected chi connectivity index (χ2v) is 5.77. The van der Waals surface area contributed by atoms with Crippen LogP contribution in [0.3, 0.4) is 0 Å². The van der Waals surface area contributed by atoms with Crippen molar-refractivity contribution in [3.63, 3.8) is 0 Å². The molecule has 0 saturated carbocycles. The van der Waals surface area contributed by atoms with Gasteiger partial charge in [-0.05, 0) is 32.9 Å². The summed E-state index contributed by atoms with van der Waals surface area (Å²) in [5.41, 5.74) is -0.548. The molecular weight excluding hydrogens is 345 g/mol. The van der Waals surface area contributed by atoms with Gasteiger partial charge in [-0.1, -0.05) is 15.9 Å². The molecule has 0 fully saturated rings. The number of anilines is 1. The molecule has 0 unspecified atom stereocenters. The van der Waals surface area contributed by atoms with E-state index in [9.17, 15) is 14.0 Å². The highest BCUT2D eigenvalue weighted by atomic mass is 79.9. The molecule has 0 aliphatic rings. The summed E-state index contributed by atoms with van der Waals surface area (Å²) in [4.78, 5) is 23.2. The molecule has 5 nitrogen and oxygen atoms in total. The number of alkyl halides is 1. The van der Waals surface area contributed by atoms with Crippen molar-refractivity contribution >= 4 is 33.7 Å². The van der Waals surface area contributed by atoms with Crippen molar-refractivity contribution in [2.45, 2.75) is 31.7 Å². The van der Waals surface area contributed by atoms with Gasteiger partial charge in [-0.15, -0.1) is 0 Å². The van der Waals surface area contributed by atoms with E-state index < -0.39 is 23.5 Å². The molecule has 7 heteroatoms. The molecule has 0 heterocycles. The van der Waals surface area contributed by atoms with E-state index in [1.807, 2.05) is 0 Å². The topological polar surface area (TPSA) is 64.6 Å². The summed E-state index contributed by atoms with van der Waals surface area (Å²) >= 11 is 3.11. The van der Waals surface area contributed by atoms with Crippen LogP contribution < -0.4 is 5.32 Å². The molecule has 1 amide bonds. The lowest BCUT2D eigenvalue weighted by Crippen LogP contribution is -2.27. The fraction of sp³-hybridized carbons (Fsp3) is 0.429. The number of carbonyl (C=O) groups is 2. The Hall–Kier alpha value is -1.63. The molecule has 0 radical (unpaired) electrons. The number of halogens is 2. The van der Waals surface area contributed by atoms with Gasteiger partial charge < -0.3 is 9.47 Å². The van der Waals surface area contributed by atoms with Gasteiger partial charge in [0.2, 0.25) is 0 Å². The minimum absolute atomic E-state index is 0.0636. The van der Waals surface area contributed by atoms with E-state index in [1.54, 1.807) is 20.8 Å². The number of methoxy groups -OCH3 is 1. The Morgan fingerprint density at radius 2 is 1.95 bits per heavy atom. The van der Waals surface area contributed by atoms with E-state index in [0.717, 1.165) is 0 Å². The van der Waals surface area contributed by atoms with Crippen LogP contribution in [0.25, 0.3) is 0 Å². The first-order valence-electron chi connectivity index (χ1n) is 6.15. The SMILES string of the molecule is COC(=O)c1ccc(NC(=O)OC(C)(C)C)c(F)c1CBr. The van der Waals surface area contributed by atoms with Crippen LogP contribution in [0.5, 0.6) is 0 Å². The van der Waals surface area contributed by atoms with Crippen molar-refractivity contribution in [3.05, 3.63) is 29.1 Å². The molecule has 0 spiro atoms. The summed E-state index contributed by atoms with van der Waals surface area (Å²) in [6.45, 7) is 5.10. The van der Waals surface area contributed by atoms with Crippen LogP contribution >= 0.6 is 15.9 Å². The Bertz CT molecular complexity index is 555. The van der Waals surface area contributed by atoms with Gasteiger partial charge in [0.25, 0.3) is 0 Å². The van der Waals surface area contributed by atoms with Gasteiger partial charge in [0.1, 0.15) is 5.60 Å². The molecule has 0 atom stereocenters. The second-order valence-electron chi connectivity index (χ2n) is 5.21. The molecule has 1 N–H and O–H groups in total. The number of amides is 1. The van der Waals surface area contributed by atoms with Crippen molar-refractivity contribution < 1.29 is 23.5 Å². The van der Waals surface area contributed by atoms with Gasteiger partial charge in [-0.2, -0.15) is 0 Å². The fourth-order valence-electron chi connectivity index (χ4n) is 1.56. The van der Waals surface area contributed by atoms with Gasteiger partial charge in [0, 0.05) is 10.9 Å². The van der Waals surface area contributed by atoms with Crippen LogP contribution in [0.15, 0.2) is 12.1 Å². The predicted octanol–water partition coefficient (Wildman–Crippen LogP) is 3.85. The third kappa shape index (κ3) is 4.70. The highest BCUT2D eigenvalue weighted by Crippen LogP contribution is 2.25. The Labute approximate surface area is 130 Å². The first-order chi connectivity index (χ1) is 9.69. The highest BCUT2D eigenvalue weighted by Gasteiger charge is 2.21. The monoisotopic (exact) mass is 361 g/mol. The molecular formula is C14H17BrFNO4. The van der Waals surface area contributed by atoms with Gasteiger partial charge in [0.15, 0.2) is 5.82 Å². The zero-order chi connectivity index (χ0) is 16.2. The summed E-state index contributed by atoms with van der Waals surface area (Å²) in [6, 6.07) is 2.68. The maximum Gasteiger partial charge on any atom is 0.412 e. The third-order valence-electron chi connectivity index (χ3n) is 2.42. The zero-order valence-electron chi connectivity index (χ0n) is 12.3.